The standard InChI is InChI=1S/C6H10O7/c7-1-2(8)4(5(10)11)13-6(12)3(1)9/h1-4,6-9,12H,(H,10,11)/t1-,2-,3?,4?,6-/m1/s1. The lowest BCUT2D eigenvalue weighted by atomic mass is 9.99. The molecule has 1 fully saturated rings. The number of hydrogen-bond acceptors (Lipinski definition) is 6. The van der Waals surface area contributed by atoms with Crippen molar-refractivity contribution in [2.24, 2.45) is 0 Å². The zero-order chi connectivity index (χ0) is 10.2. The second kappa shape index (κ2) is 3.56. The number of carboxylic acid groups (broad SMARTS) is 1. The van der Waals surface area contributed by atoms with Gasteiger partial charge < -0.3 is 30.3 Å². The highest BCUT2D eigenvalue weighted by molar-refractivity contribution is 5.73. The number of carbonyl (C=O) groups is 1. The fourth-order valence-electron chi connectivity index (χ4n) is 1.07. The lowest BCUT2D eigenvalue weighted by Gasteiger charge is -2.36. The van der Waals surface area contributed by atoms with E-state index in [4.69, 9.17) is 25.5 Å². The molecule has 0 spiro atoms. The molecule has 2 unspecified atom stereocenters. The van der Waals surface area contributed by atoms with Gasteiger partial charge in [0.2, 0.25) is 0 Å². The van der Waals surface area contributed by atoms with Crippen LogP contribution >= 0.6 is 0 Å². The van der Waals surface area contributed by atoms with E-state index in [0.29, 0.717) is 0 Å². The monoisotopic (exact) mass is 194 g/mol. The molecule has 13 heavy (non-hydrogen) atoms. The number of hydrogen-bond donors (Lipinski definition) is 5. The van der Waals surface area contributed by atoms with E-state index in [0.717, 1.165) is 0 Å². The summed E-state index contributed by atoms with van der Waals surface area (Å²) in [5.41, 5.74) is 0. The summed E-state index contributed by atoms with van der Waals surface area (Å²) in [4.78, 5) is 10.4. The molecule has 5 atom stereocenters. The van der Waals surface area contributed by atoms with Crippen LogP contribution in [-0.2, 0) is 9.53 Å². The zero-order valence-electron chi connectivity index (χ0n) is 6.44. The van der Waals surface area contributed by atoms with Gasteiger partial charge in [0.25, 0.3) is 0 Å². The lowest BCUT2D eigenvalue weighted by molar-refractivity contribution is -0.279. The molecular formula is C6H10O7. The first kappa shape index (κ1) is 10.4. The number of rotatable bonds is 1. The van der Waals surface area contributed by atoms with Crippen LogP contribution in [0.15, 0.2) is 0 Å². The fourth-order valence-corrected chi connectivity index (χ4v) is 1.07. The largest absolute Gasteiger partial charge is 0.479 e. The second-order valence-electron chi connectivity index (χ2n) is 2.76. The Morgan fingerprint density at radius 2 is 1.54 bits per heavy atom. The summed E-state index contributed by atoms with van der Waals surface area (Å²) in [6, 6.07) is 0. The van der Waals surface area contributed by atoms with E-state index in [1.54, 1.807) is 0 Å². The van der Waals surface area contributed by atoms with Gasteiger partial charge in [-0.25, -0.2) is 4.79 Å². The third-order valence-corrected chi connectivity index (χ3v) is 1.83. The number of carboxylic acids is 1. The van der Waals surface area contributed by atoms with E-state index in [-0.39, 0.29) is 0 Å². The molecule has 0 bridgehead atoms. The topological polar surface area (TPSA) is 127 Å². The summed E-state index contributed by atoms with van der Waals surface area (Å²) in [5.74, 6) is -1.52. The molecule has 0 aromatic rings. The summed E-state index contributed by atoms with van der Waals surface area (Å²) in [6.07, 6.45) is -8.72. The van der Waals surface area contributed by atoms with Crippen molar-refractivity contribution in [3.05, 3.63) is 0 Å². The predicted octanol–water partition coefficient (Wildman–Crippen LogP) is -3.13. The molecule has 76 valence electrons. The van der Waals surface area contributed by atoms with Gasteiger partial charge in [0.05, 0.1) is 0 Å². The van der Waals surface area contributed by atoms with Gasteiger partial charge in [-0.2, -0.15) is 0 Å². The predicted molar refractivity (Wildman–Crippen MR) is 36.5 cm³/mol. The first-order valence-corrected chi connectivity index (χ1v) is 3.55. The van der Waals surface area contributed by atoms with Crippen LogP contribution < -0.4 is 0 Å². The summed E-state index contributed by atoms with van der Waals surface area (Å²) in [5, 5.41) is 44.4. The van der Waals surface area contributed by atoms with Crippen molar-refractivity contribution in [1.82, 2.24) is 0 Å². The molecule has 1 heterocycles. The Labute approximate surface area is 72.8 Å². The number of ether oxygens (including phenoxy) is 1. The summed E-state index contributed by atoms with van der Waals surface area (Å²) < 4.78 is 4.34. The molecule has 7 nitrogen and oxygen atoms in total. The molecule has 1 rings (SSSR count). The third-order valence-electron chi connectivity index (χ3n) is 1.83. The van der Waals surface area contributed by atoms with E-state index in [9.17, 15) is 4.79 Å². The molecule has 0 aromatic carbocycles. The fraction of sp³-hybridized carbons (Fsp3) is 0.833. The van der Waals surface area contributed by atoms with Crippen LogP contribution in [0.5, 0.6) is 0 Å². The van der Waals surface area contributed by atoms with Crippen molar-refractivity contribution in [3.63, 3.8) is 0 Å². The zero-order valence-corrected chi connectivity index (χ0v) is 6.44. The molecule has 1 saturated heterocycles. The number of aliphatic hydroxyl groups is 4. The molecule has 0 amide bonds. The average molecular weight is 194 g/mol. The minimum atomic E-state index is -1.81. The van der Waals surface area contributed by atoms with Crippen LogP contribution in [0.1, 0.15) is 0 Å². The Morgan fingerprint density at radius 1 is 1.00 bits per heavy atom. The van der Waals surface area contributed by atoms with Gasteiger partial charge in [0.15, 0.2) is 12.4 Å². The highest BCUT2D eigenvalue weighted by atomic mass is 16.6. The third kappa shape index (κ3) is 1.79. The Kier molecular flexibility index (Phi) is 2.84. The highest BCUT2D eigenvalue weighted by Gasteiger charge is 2.46. The Balaban J connectivity index is 2.76. The average Bonchev–Trinajstić information content (AvgIpc) is 2.07. The van der Waals surface area contributed by atoms with Crippen molar-refractivity contribution in [1.29, 1.82) is 0 Å². The van der Waals surface area contributed by atoms with E-state index in [1.165, 1.54) is 0 Å². The lowest BCUT2D eigenvalue weighted by Crippen LogP contribution is -2.59. The molecule has 7 heteroatoms. The van der Waals surface area contributed by atoms with Crippen molar-refractivity contribution in [3.8, 4) is 0 Å². The van der Waals surface area contributed by atoms with Crippen molar-refractivity contribution in [2.45, 2.75) is 30.7 Å². The van der Waals surface area contributed by atoms with Gasteiger partial charge >= 0.3 is 5.97 Å². The smallest absolute Gasteiger partial charge is 0.335 e. The maximum Gasteiger partial charge on any atom is 0.335 e. The molecule has 1 aliphatic heterocycles. The van der Waals surface area contributed by atoms with E-state index < -0.39 is 36.7 Å². The van der Waals surface area contributed by atoms with Gasteiger partial charge in [-0.15, -0.1) is 0 Å². The van der Waals surface area contributed by atoms with Crippen LogP contribution in [0.2, 0.25) is 0 Å². The van der Waals surface area contributed by atoms with Gasteiger partial charge in [0, 0.05) is 0 Å². The van der Waals surface area contributed by atoms with E-state index in [1.807, 2.05) is 0 Å². The molecule has 0 aliphatic carbocycles. The SMILES string of the molecule is O=C(O)C1O[C@@H](O)C(O)[C@H](O)[C@H]1O. The minimum Gasteiger partial charge on any atom is -0.479 e. The molecule has 5 N–H and O–H groups in total. The van der Waals surface area contributed by atoms with Gasteiger partial charge in [0.1, 0.15) is 18.3 Å². The van der Waals surface area contributed by atoms with Crippen LogP contribution in [0, 0.1) is 0 Å². The molecule has 0 aromatic heterocycles. The minimum absolute atomic E-state index is 1.52. The molecular weight excluding hydrogens is 184 g/mol. The van der Waals surface area contributed by atoms with Crippen LogP contribution in [0.3, 0.4) is 0 Å². The Morgan fingerprint density at radius 3 is 2.00 bits per heavy atom. The summed E-state index contributed by atoms with van der Waals surface area (Å²) in [6.45, 7) is 0. The number of aliphatic carboxylic acids is 1. The molecule has 1 aliphatic rings. The summed E-state index contributed by atoms with van der Waals surface area (Å²) in [7, 11) is 0. The van der Waals surface area contributed by atoms with Gasteiger partial charge in [-0.3, -0.25) is 0 Å². The molecule has 0 saturated carbocycles. The Hall–Kier alpha value is -0.730. The second-order valence-corrected chi connectivity index (χ2v) is 2.76. The first-order chi connectivity index (χ1) is 5.95. The first-order valence-electron chi connectivity index (χ1n) is 3.55. The van der Waals surface area contributed by atoms with Gasteiger partial charge in [-0.05, 0) is 0 Å². The highest BCUT2D eigenvalue weighted by Crippen LogP contribution is 2.19. The normalized spacial score (nSPS) is 46.0. The van der Waals surface area contributed by atoms with E-state index in [2.05, 4.69) is 4.74 Å². The van der Waals surface area contributed by atoms with Crippen molar-refractivity contribution in [2.75, 3.05) is 0 Å². The van der Waals surface area contributed by atoms with E-state index >= 15 is 0 Å². The van der Waals surface area contributed by atoms with Crippen molar-refractivity contribution >= 4 is 5.97 Å². The maximum atomic E-state index is 10.4. The van der Waals surface area contributed by atoms with Crippen molar-refractivity contribution < 1.29 is 35.1 Å². The van der Waals surface area contributed by atoms with Crippen LogP contribution in [0.4, 0.5) is 0 Å². The van der Waals surface area contributed by atoms with Crippen LogP contribution in [-0.4, -0.2) is 62.2 Å². The molecule has 0 radical (unpaired) electrons. The number of aliphatic hydroxyl groups excluding tert-OH is 4. The van der Waals surface area contributed by atoms with Gasteiger partial charge in [-0.1, -0.05) is 0 Å². The Bertz CT molecular complexity index is 205. The maximum absolute atomic E-state index is 10.4. The quantitative estimate of drug-likeness (QED) is 0.298. The summed E-state index contributed by atoms with van der Waals surface area (Å²) >= 11 is 0. The van der Waals surface area contributed by atoms with Crippen LogP contribution in [0.25, 0.3) is 0 Å².